The molecule has 5 heteroatoms. The van der Waals surface area contributed by atoms with Crippen molar-refractivity contribution in [3.05, 3.63) is 22.7 Å². The molecule has 106 valence electrons. The minimum Gasteiger partial charge on any atom is -0.368 e. The summed E-state index contributed by atoms with van der Waals surface area (Å²) in [6, 6.07) is 1.85. The first kappa shape index (κ1) is 14.7. The number of nitrogens with zero attached hydrogens (tertiary/aromatic N) is 3. The van der Waals surface area contributed by atoms with Crippen molar-refractivity contribution in [2.45, 2.75) is 33.3 Å². The lowest BCUT2D eigenvalue weighted by Crippen LogP contribution is -2.38. The summed E-state index contributed by atoms with van der Waals surface area (Å²) in [5.74, 6) is 1.28. The molecule has 0 saturated carbocycles. The van der Waals surface area contributed by atoms with Gasteiger partial charge in [0.2, 0.25) is 0 Å². The Hall–Kier alpha value is -0.710. The van der Waals surface area contributed by atoms with Gasteiger partial charge < -0.3 is 4.74 Å². The topological polar surface area (TPSA) is 38.2 Å². The monoisotopic (exact) mass is 283 g/mol. The van der Waals surface area contributed by atoms with Gasteiger partial charge >= 0.3 is 0 Å². The van der Waals surface area contributed by atoms with Crippen molar-refractivity contribution in [2.75, 3.05) is 26.2 Å². The van der Waals surface area contributed by atoms with Crippen molar-refractivity contribution in [3.63, 3.8) is 0 Å². The predicted octanol–water partition coefficient (Wildman–Crippen LogP) is 2.72. The molecule has 0 aliphatic carbocycles. The summed E-state index contributed by atoms with van der Waals surface area (Å²) in [5, 5.41) is 0.512. The molecule has 4 nitrogen and oxygen atoms in total. The summed E-state index contributed by atoms with van der Waals surface area (Å²) in [6.45, 7) is 10.1. The summed E-state index contributed by atoms with van der Waals surface area (Å²) in [7, 11) is 0. The van der Waals surface area contributed by atoms with Gasteiger partial charge in [-0.25, -0.2) is 9.97 Å². The average Bonchev–Trinajstić information content (AvgIpc) is 2.37. The second-order valence-electron chi connectivity index (χ2n) is 5.39. The molecule has 0 spiro atoms. The quantitative estimate of drug-likeness (QED) is 0.797. The van der Waals surface area contributed by atoms with Gasteiger partial charge in [0, 0.05) is 18.8 Å². The number of likely N-dealkylation sites (N-methyl/N-ethyl adjacent to an activating group) is 1. The normalized spacial score (nSPS) is 21.0. The third kappa shape index (κ3) is 4.13. The lowest BCUT2D eigenvalue weighted by molar-refractivity contribution is -0.0326. The molecule has 2 heterocycles. The maximum absolute atomic E-state index is 6.10. The van der Waals surface area contributed by atoms with Crippen LogP contribution in [0.15, 0.2) is 6.07 Å². The number of morpholine rings is 1. The molecule has 0 amide bonds. The van der Waals surface area contributed by atoms with Crippen LogP contribution in [0.25, 0.3) is 0 Å². The Morgan fingerprint density at radius 2 is 2.26 bits per heavy atom. The van der Waals surface area contributed by atoms with E-state index in [4.69, 9.17) is 16.3 Å². The van der Waals surface area contributed by atoms with Crippen LogP contribution in [0.1, 0.15) is 38.4 Å². The van der Waals surface area contributed by atoms with Crippen molar-refractivity contribution in [1.29, 1.82) is 0 Å². The van der Waals surface area contributed by atoms with Gasteiger partial charge in [0.1, 0.15) is 11.3 Å². The lowest BCUT2D eigenvalue weighted by Gasteiger charge is -2.31. The maximum Gasteiger partial charge on any atom is 0.160 e. The minimum atomic E-state index is -0.0571. The van der Waals surface area contributed by atoms with Gasteiger partial charge in [0.15, 0.2) is 5.82 Å². The number of rotatable bonds is 4. The molecule has 1 aliphatic rings. The Bertz CT molecular complexity index is 425. The Kier molecular flexibility index (Phi) is 5.13. The van der Waals surface area contributed by atoms with E-state index in [1.807, 2.05) is 6.07 Å². The molecule has 1 saturated heterocycles. The Balaban J connectivity index is 2.16. The number of aromatic nitrogens is 2. The molecular formula is C14H22ClN3O. The number of halogens is 1. The minimum absolute atomic E-state index is 0.0571. The molecule has 1 aromatic heterocycles. The second kappa shape index (κ2) is 6.64. The fourth-order valence-corrected chi connectivity index (χ4v) is 2.51. The SMILES string of the molecule is CCN1CCOC(c2nc(Cl)cc(CC(C)C)n2)C1. The highest BCUT2D eigenvalue weighted by atomic mass is 35.5. The van der Waals surface area contributed by atoms with Gasteiger partial charge in [0.25, 0.3) is 0 Å². The molecule has 1 aromatic rings. The molecule has 0 aromatic carbocycles. The van der Waals surface area contributed by atoms with Crippen LogP contribution in [0.5, 0.6) is 0 Å². The van der Waals surface area contributed by atoms with E-state index >= 15 is 0 Å². The molecule has 0 bridgehead atoms. The molecule has 19 heavy (non-hydrogen) atoms. The third-order valence-electron chi connectivity index (χ3n) is 3.27. The van der Waals surface area contributed by atoms with E-state index in [-0.39, 0.29) is 6.10 Å². The fraction of sp³-hybridized carbons (Fsp3) is 0.714. The third-order valence-corrected chi connectivity index (χ3v) is 3.46. The van der Waals surface area contributed by atoms with Crippen molar-refractivity contribution in [1.82, 2.24) is 14.9 Å². The molecule has 0 radical (unpaired) electrons. The van der Waals surface area contributed by atoms with Gasteiger partial charge in [-0.1, -0.05) is 32.4 Å². The van der Waals surface area contributed by atoms with E-state index in [1.54, 1.807) is 0 Å². The molecule has 2 rings (SSSR count). The first-order chi connectivity index (χ1) is 9.08. The van der Waals surface area contributed by atoms with Crippen molar-refractivity contribution in [2.24, 2.45) is 5.92 Å². The van der Waals surface area contributed by atoms with Gasteiger partial charge in [-0.3, -0.25) is 4.90 Å². The van der Waals surface area contributed by atoms with E-state index in [0.29, 0.717) is 11.1 Å². The molecule has 1 unspecified atom stereocenters. The molecular weight excluding hydrogens is 262 g/mol. The molecule has 0 N–H and O–H groups in total. The van der Waals surface area contributed by atoms with E-state index < -0.39 is 0 Å². The van der Waals surface area contributed by atoms with Crippen LogP contribution >= 0.6 is 11.6 Å². The van der Waals surface area contributed by atoms with Crippen LogP contribution in [-0.2, 0) is 11.2 Å². The number of hydrogen-bond donors (Lipinski definition) is 0. The molecule has 1 fully saturated rings. The van der Waals surface area contributed by atoms with Gasteiger partial charge in [0.05, 0.1) is 6.61 Å². The van der Waals surface area contributed by atoms with E-state index in [1.165, 1.54) is 0 Å². The summed E-state index contributed by atoms with van der Waals surface area (Å²) in [4.78, 5) is 11.3. The predicted molar refractivity (Wildman–Crippen MR) is 76.4 cm³/mol. The summed E-state index contributed by atoms with van der Waals surface area (Å²) >= 11 is 6.10. The second-order valence-corrected chi connectivity index (χ2v) is 5.78. The zero-order chi connectivity index (χ0) is 13.8. The van der Waals surface area contributed by atoms with Crippen molar-refractivity contribution >= 4 is 11.6 Å². The van der Waals surface area contributed by atoms with Crippen LogP contribution < -0.4 is 0 Å². The zero-order valence-electron chi connectivity index (χ0n) is 11.9. The van der Waals surface area contributed by atoms with Crippen LogP contribution in [0, 0.1) is 5.92 Å². The Labute approximate surface area is 120 Å². The van der Waals surface area contributed by atoms with E-state index in [9.17, 15) is 0 Å². The summed E-state index contributed by atoms with van der Waals surface area (Å²) < 4.78 is 5.79. The highest BCUT2D eigenvalue weighted by Gasteiger charge is 2.24. The molecule has 1 atom stereocenters. The average molecular weight is 284 g/mol. The number of hydrogen-bond acceptors (Lipinski definition) is 4. The standard InChI is InChI=1S/C14H22ClN3O/c1-4-18-5-6-19-12(9-18)14-16-11(7-10(2)3)8-13(15)17-14/h8,10,12H,4-7,9H2,1-3H3. The lowest BCUT2D eigenvalue weighted by atomic mass is 10.1. The van der Waals surface area contributed by atoms with Gasteiger partial charge in [-0.2, -0.15) is 0 Å². The Morgan fingerprint density at radius 3 is 2.95 bits per heavy atom. The van der Waals surface area contributed by atoms with Crippen LogP contribution in [0.4, 0.5) is 0 Å². The summed E-state index contributed by atoms with van der Waals surface area (Å²) in [6.07, 6.45) is 0.859. The van der Waals surface area contributed by atoms with Gasteiger partial charge in [-0.05, 0) is 24.9 Å². The fourth-order valence-electron chi connectivity index (χ4n) is 2.30. The van der Waals surface area contributed by atoms with Gasteiger partial charge in [-0.15, -0.1) is 0 Å². The highest BCUT2D eigenvalue weighted by molar-refractivity contribution is 6.29. The first-order valence-electron chi connectivity index (χ1n) is 6.95. The van der Waals surface area contributed by atoms with Crippen molar-refractivity contribution < 1.29 is 4.74 Å². The smallest absolute Gasteiger partial charge is 0.160 e. The molecule has 1 aliphatic heterocycles. The van der Waals surface area contributed by atoms with Crippen LogP contribution in [0.2, 0.25) is 5.15 Å². The maximum atomic E-state index is 6.10. The number of ether oxygens (including phenoxy) is 1. The summed E-state index contributed by atoms with van der Waals surface area (Å²) in [5.41, 5.74) is 1.00. The largest absolute Gasteiger partial charge is 0.368 e. The van der Waals surface area contributed by atoms with Crippen molar-refractivity contribution in [3.8, 4) is 0 Å². The van der Waals surface area contributed by atoms with E-state index in [0.717, 1.165) is 44.2 Å². The zero-order valence-corrected chi connectivity index (χ0v) is 12.7. The Morgan fingerprint density at radius 1 is 1.47 bits per heavy atom. The highest BCUT2D eigenvalue weighted by Crippen LogP contribution is 2.21. The van der Waals surface area contributed by atoms with Crippen LogP contribution in [0.3, 0.4) is 0 Å². The first-order valence-corrected chi connectivity index (χ1v) is 7.33. The van der Waals surface area contributed by atoms with E-state index in [2.05, 4.69) is 35.6 Å². The van der Waals surface area contributed by atoms with Crippen LogP contribution in [-0.4, -0.2) is 41.1 Å².